The number of rotatable bonds is 5. The van der Waals surface area contributed by atoms with Crippen molar-refractivity contribution in [1.82, 2.24) is 10.6 Å². The van der Waals surface area contributed by atoms with Crippen LogP contribution >= 0.6 is 0 Å². The number of carbonyl (C=O) groups excluding carboxylic acids is 2. The van der Waals surface area contributed by atoms with Crippen molar-refractivity contribution in [2.45, 2.75) is 12.5 Å². The van der Waals surface area contributed by atoms with E-state index in [2.05, 4.69) is 10.6 Å². The van der Waals surface area contributed by atoms with Crippen molar-refractivity contribution in [2.75, 3.05) is 7.05 Å². The van der Waals surface area contributed by atoms with E-state index in [1.807, 2.05) is 6.07 Å². The normalized spacial score (nSPS) is 11.5. The van der Waals surface area contributed by atoms with Gasteiger partial charge in [0.25, 0.3) is 0 Å². The Morgan fingerprint density at radius 1 is 1.04 bits per heavy atom. The average molecular weight is 314 g/mol. The number of phenols is 2. The molecular weight excluding hydrogens is 296 g/mol. The van der Waals surface area contributed by atoms with Crippen LogP contribution in [0.1, 0.15) is 17.2 Å². The van der Waals surface area contributed by atoms with Gasteiger partial charge in [-0.05, 0) is 23.3 Å². The van der Waals surface area contributed by atoms with Crippen LogP contribution in [0, 0.1) is 0 Å². The first-order valence-corrected chi connectivity index (χ1v) is 7.08. The number of nitrogens with one attached hydrogen (secondary N) is 2. The van der Waals surface area contributed by atoms with Gasteiger partial charge in [0.15, 0.2) is 11.5 Å². The lowest BCUT2D eigenvalue weighted by Crippen LogP contribution is -2.39. The third-order valence-corrected chi connectivity index (χ3v) is 3.35. The Labute approximate surface area is 133 Å². The zero-order valence-corrected chi connectivity index (χ0v) is 12.6. The third-order valence-electron chi connectivity index (χ3n) is 3.35. The maximum atomic E-state index is 12.2. The van der Waals surface area contributed by atoms with Crippen LogP contribution in [0.2, 0.25) is 0 Å². The molecule has 2 aromatic rings. The molecule has 0 saturated carbocycles. The van der Waals surface area contributed by atoms with Gasteiger partial charge in [0.1, 0.15) is 6.04 Å². The van der Waals surface area contributed by atoms with Crippen molar-refractivity contribution < 1.29 is 19.8 Å². The summed E-state index contributed by atoms with van der Waals surface area (Å²) in [7, 11) is 1.50. The summed E-state index contributed by atoms with van der Waals surface area (Å²) in [4.78, 5) is 24.2. The zero-order valence-electron chi connectivity index (χ0n) is 12.6. The van der Waals surface area contributed by atoms with E-state index in [9.17, 15) is 19.8 Å². The van der Waals surface area contributed by atoms with Crippen LogP contribution in [0.3, 0.4) is 0 Å². The van der Waals surface area contributed by atoms with Gasteiger partial charge in [0, 0.05) is 7.05 Å². The first kappa shape index (κ1) is 16.4. The highest BCUT2D eigenvalue weighted by molar-refractivity contribution is 5.89. The molecule has 0 aliphatic rings. The van der Waals surface area contributed by atoms with Crippen LogP contribution in [0.15, 0.2) is 48.5 Å². The third kappa shape index (κ3) is 4.23. The average Bonchev–Trinajstić information content (AvgIpc) is 2.56. The molecule has 120 valence electrons. The molecule has 0 radical (unpaired) electrons. The van der Waals surface area contributed by atoms with E-state index in [1.54, 1.807) is 24.3 Å². The van der Waals surface area contributed by atoms with E-state index in [4.69, 9.17) is 0 Å². The fourth-order valence-corrected chi connectivity index (χ4v) is 2.17. The van der Waals surface area contributed by atoms with Crippen molar-refractivity contribution in [1.29, 1.82) is 0 Å². The molecule has 0 aliphatic carbocycles. The number of amides is 2. The standard InChI is InChI=1S/C17H18N2O4/c1-18-17(23)16(12-5-3-2-4-6-12)19-15(22)10-11-7-8-13(20)14(21)9-11/h2-9,16,20-21H,10H2,1H3,(H,18,23)(H,19,22). The Morgan fingerprint density at radius 3 is 2.35 bits per heavy atom. The number of phenolic OH excluding ortho intramolecular Hbond substituents is 2. The minimum atomic E-state index is -0.792. The van der Waals surface area contributed by atoms with Crippen molar-refractivity contribution in [3.05, 3.63) is 59.7 Å². The van der Waals surface area contributed by atoms with Gasteiger partial charge >= 0.3 is 0 Å². The van der Waals surface area contributed by atoms with E-state index in [1.165, 1.54) is 25.2 Å². The molecule has 23 heavy (non-hydrogen) atoms. The molecule has 0 bridgehead atoms. The monoisotopic (exact) mass is 314 g/mol. The Bertz CT molecular complexity index is 701. The lowest BCUT2D eigenvalue weighted by Gasteiger charge is -2.17. The molecule has 0 heterocycles. The molecule has 6 nitrogen and oxygen atoms in total. The quantitative estimate of drug-likeness (QED) is 0.624. The number of carbonyl (C=O) groups is 2. The predicted molar refractivity (Wildman–Crippen MR) is 84.9 cm³/mol. The second-order valence-corrected chi connectivity index (χ2v) is 5.03. The van der Waals surface area contributed by atoms with Crippen LogP contribution < -0.4 is 10.6 Å². The largest absolute Gasteiger partial charge is 0.504 e. The molecule has 2 aromatic carbocycles. The second kappa shape index (κ2) is 7.31. The van der Waals surface area contributed by atoms with Gasteiger partial charge in [-0.1, -0.05) is 36.4 Å². The van der Waals surface area contributed by atoms with Crippen molar-refractivity contribution in [3.8, 4) is 11.5 Å². The van der Waals surface area contributed by atoms with Crippen molar-refractivity contribution >= 4 is 11.8 Å². The molecule has 2 rings (SSSR count). The highest BCUT2D eigenvalue weighted by Crippen LogP contribution is 2.25. The smallest absolute Gasteiger partial charge is 0.246 e. The van der Waals surface area contributed by atoms with Gasteiger partial charge in [0.05, 0.1) is 6.42 Å². The summed E-state index contributed by atoms with van der Waals surface area (Å²) >= 11 is 0. The lowest BCUT2D eigenvalue weighted by molar-refractivity contribution is -0.128. The maximum Gasteiger partial charge on any atom is 0.246 e. The molecule has 2 amide bonds. The summed E-state index contributed by atoms with van der Waals surface area (Å²) < 4.78 is 0. The molecule has 4 N–H and O–H groups in total. The lowest BCUT2D eigenvalue weighted by atomic mass is 10.1. The predicted octanol–water partition coefficient (Wildman–Crippen LogP) is 1.24. The molecule has 0 spiro atoms. The Morgan fingerprint density at radius 2 is 1.74 bits per heavy atom. The fourth-order valence-electron chi connectivity index (χ4n) is 2.17. The summed E-state index contributed by atoms with van der Waals surface area (Å²) in [6.07, 6.45) is -0.0197. The van der Waals surface area contributed by atoms with Crippen LogP contribution in [-0.2, 0) is 16.0 Å². The van der Waals surface area contributed by atoms with E-state index in [-0.39, 0.29) is 29.7 Å². The summed E-state index contributed by atoms with van der Waals surface area (Å²) in [5.41, 5.74) is 1.20. The summed E-state index contributed by atoms with van der Waals surface area (Å²) in [6, 6.07) is 12.3. The highest BCUT2D eigenvalue weighted by Gasteiger charge is 2.21. The molecular formula is C17H18N2O4. The fraction of sp³-hybridized carbons (Fsp3) is 0.176. The highest BCUT2D eigenvalue weighted by atomic mass is 16.3. The molecule has 0 saturated heterocycles. The summed E-state index contributed by atoms with van der Waals surface area (Å²) in [6.45, 7) is 0. The maximum absolute atomic E-state index is 12.2. The number of benzene rings is 2. The second-order valence-electron chi connectivity index (χ2n) is 5.03. The van der Waals surface area contributed by atoms with Gasteiger partial charge in [-0.15, -0.1) is 0 Å². The van der Waals surface area contributed by atoms with E-state index in [0.717, 1.165) is 0 Å². The number of likely N-dealkylation sites (N-methyl/N-ethyl adjacent to an activating group) is 1. The first-order chi connectivity index (χ1) is 11.0. The van der Waals surface area contributed by atoms with E-state index in [0.29, 0.717) is 11.1 Å². The van der Waals surface area contributed by atoms with Crippen molar-refractivity contribution in [3.63, 3.8) is 0 Å². The number of aromatic hydroxyl groups is 2. The van der Waals surface area contributed by atoms with Gasteiger partial charge in [0.2, 0.25) is 11.8 Å². The minimum absolute atomic E-state index is 0.0197. The first-order valence-electron chi connectivity index (χ1n) is 7.08. The number of hydrogen-bond donors (Lipinski definition) is 4. The Kier molecular flexibility index (Phi) is 5.19. The summed E-state index contributed by atoms with van der Waals surface area (Å²) in [5.74, 6) is -1.23. The van der Waals surface area contributed by atoms with Crippen molar-refractivity contribution in [2.24, 2.45) is 0 Å². The SMILES string of the molecule is CNC(=O)C(NC(=O)Cc1ccc(O)c(O)c1)c1ccccc1. The molecule has 0 aliphatic heterocycles. The minimum Gasteiger partial charge on any atom is -0.504 e. The molecule has 1 atom stereocenters. The molecule has 1 unspecified atom stereocenters. The van der Waals surface area contributed by atoms with Gasteiger partial charge in [-0.2, -0.15) is 0 Å². The van der Waals surface area contributed by atoms with Gasteiger partial charge in [-0.3, -0.25) is 9.59 Å². The molecule has 6 heteroatoms. The van der Waals surface area contributed by atoms with Crippen LogP contribution in [0.25, 0.3) is 0 Å². The van der Waals surface area contributed by atoms with E-state index < -0.39 is 6.04 Å². The number of hydrogen-bond acceptors (Lipinski definition) is 4. The zero-order chi connectivity index (χ0) is 16.8. The van der Waals surface area contributed by atoms with Crippen LogP contribution in [-0.4, -0.2) is 29.1 Å². The van der Waals surface area contributed by atoms with Crippen LogP contribution in [0.4, 0.5) is 0 Å². The Hall–Kier alpha value is -3.02. The van der Waals surface area contributed by atoms with Gasteiger partial charge in [-0.25, -0.2) is 0 Å². The van der Waals surface area contributed by atoms with Gasteiger partial charge < -0.3 is 20.8 Å². The Balaban J connectivity index is 2.11. The molecule has 0 fully saturated rings. The topological polar surface area (TPSA) is 98.7 Å². The van der Waals surface area contributed by atoms with Crippen LogP contribution in [0.5, 0.6) is 11.5 Å². The molecule has 0 aromatic heterocycles. The summed E-state index contributed by atoms with van der Waals surface area (Å²) in [5, 5.41) is 23.9. The van der Waals surface area contributed by atoms with E-state index >= 15 is 0 Å².